The summed E-state index contributed by atoms with van der Waals surface area (Å²) in [6.07, 6.45) is -4.67. The molecule has 7 nitrogen and oxygen atoms in total. The van der Waals surface area contributed by atoms with E-state index in [4.69, 9.17) is 0 Å². The van der Waals surface area contributed by atoms with Gasteiger partial charge in [0, 0.05) is 6.42 Å². The Labute approximate surface area is 167 Å². The molecule has 3 aromatic rings. The molecular weight excluding hydrogens is 407 g/mol. The van der Waals surface area contributed by atoms with Gasteiger partial charge in [-0.1, -0.05) is 37.3 Å². The topological polar surface area (TPSA) is 92.1 Å². The molecule has 11 heteroatoms. The van der Waals surface area contributed by atoms with Crippen molar-refractivity contribution < 1.29 is 18.0 Å². The van der Waals surface area contributed by atoms with Gasteiger partial charge in [0.2, 0.25) is 11.0 Å². The van der Waals surface area contributed by atoms with Crippen molar-refractivity contribution in [3.8, 4) is 5.13 Å². The molecule has 0 saturated carbocycles. The van der Waals surface area contributed by atoms with E-state index in [1.54, 1.807) is 24.3 Å². The van der Waals surface area contributed by atoms with E-state index in [1.807, 2.05) is 13.8 Å². The number of amides is 1. The Bertz CT molecular complexity index is 1110. The normalized spacial score (nSPS) is 12.7. The van der Waals surface area contributed by atoms with Gasteiger partial charge in [-0.15, -0.1) is 0 Å². The molecule has 0 atom stereocenters. The zero-order chi connectivity index (χ0) is 21.3. The Kier molecular flexibility index (Phi) is 5.60. The first-order valence-electron chi connectivity index (χ1n) is 8.69. The number of para-hydroxylation sites is 1. The standard InChI is InChI=1S/C18H18F3N5O2S/c1-9(2)8-13(27)24-23-10(3)14-15(18(19,20)21)25-26(16(14)28)17-22-11-6-4-5-7-12(11)29-17/h4-7,9,25H,8H2,1-3H3,(H,24,27)/b23-10-. The summed E-state index contributed by atoms with van der Waals surface area (Å²) < 4.78 is 42.1. The predicted molar refractivity (Wildman–Crippen MR) is 104 cm³/mol. The van der Waals surface area contributed by atoms with Crippen LogP contribution in [0.3, 0.4) is 0 Å². The Morgan fingerprint density at radius 2 is 2.03 bits per heavy atom. The quantitative estimate of drug-likeness (QED) is 0.483. The number of nitrogens with zero attached hydrogens (tertiary/aromatic N) is 3. The summed E-state index contributed by atoms with van der Waals surface area (Å²) in [4.78, 5) is 28.7. The average molecular weight is 425 g/mol. The summed E-state index contributed by atoms with van der Waals surface area (Å²) in [5, 5.41) is 5.87. The molecule has 0 aliphatic heterocycles. The minimum atomic E-state index is -4.82. The lowest BCUT2D eigenvalue weighted by atomic mass is 10.1. The van der Waals surface area contributed by atoms with Crippen molar-refractivity contribution in [2.24, 2.45) is 11.0 Å². The van der Waals surface area contributed by atoms with Crippen LogP contribution in [0.2, 0.25) is 0 Å². The maximum Gasteiger partial charge on any atom is 0.433 e. The van der Waals surface area contributed by atoms with Crippen molar-refractivity contribution in [1.82, 2.24) is 20.2 Å². The van der Waals surface area contributed by atoms with E-state index in [2.05, 4.69) is 20.6 Å². The summed E-state index contributed by atoms with van der Waals surface area (Å²) in [6.45, 7) is 4.87. The SMILES string of the molecule is C/C(=N/NC(=O)CC(C)C)c1c(C(F)(F)F)[nH]n(-c2nc3ccccc3s2)c1=O. The zero-order valence-corrected chi connectivity index (χ0v) is 16.6. The number of carbonyl (C=O) groups is 1. The number of rotatable bonds is 5. The molecule has 0 spiro atoms. The highest BCUT2D eigenvalue weighted by atomic mass is 32.1. The van der Waals surface area contributed by atoms with E-state index < -0.39 is 28.9 Å². The van der Waals surface area contributed by atoms with Crippen LogP contribution in [0.5, 0.6) is 0 Å². The maximum absolute atomic E-state index is 13.6. The summed E-state index contributed by atoms with van der Waals surface area (Å²) in [5.41, 5.74) is -0.356. The number of nitrogens with one attached hydrogen (secondary N) is 2. The van der Waals surface area contributed by atoms with Crippen molar-refractivity contribution >= 4 is 33.2 Å². The fourth-order valence-corrected chi connectivity index (χ4v) is 3.61. The number of benzene rings is 1. The van der Waals surface area contributed by atoms with Gasteiger partial charge in [-0.3, -0.25) is 14.7 Å². The summed E-state index contributed by atoms with van der Waals surface area (Å²) in [5.74, 6) is -0.394. The Morgan fingerprint density at radius 3 is 2.66 bits per heavy atom. The lowest BCUT2D eigenvalue weighted by Gasteiger charge is -2.07. The smallest absolute Gasteiger partial charge is 0.284 e. The van der Waals surface area contributed by atoms with E-state index in [-0.39, 0.29) is 23.2 Å². The number of hydrogen-bond donors (Lipinski definition) is 2. The summed E-state index contributed by atoms with van der Waals surface area (Å²) >= 11 is 1.08. The van der Waals surface area contributed by atoms with Gasteiger partial charge < -0.3 is 0 Å². The first-order valence-corrected chi connectivity index (χ1v) is 9.51. The third-order valence-electron chi connectivity index (χ3n) is 3.95. The molecule has 0 saturated heterocycles. The Hall–Kier alpha value is -2.95. The number of aromatic nitrogens is 3. The van der Waals surface area contributed by atoms with Gasteiger partial charge in [0.05, 0.1) is 21.5 Å². The number of halogens is 3. The van der Waals surface area contributed by atoms with Crippen LogP contribution < -0.4 is 11.0 Å². The Morgan fingerprint density at radius 1 is 1.34 bits per heavy atom. The first-order chi connectivity index (χ1) is 13.6. The number of fused-ring (bicyclic) bond motifs is 1. The van der Waals surface area contributed by atoms with E-state index >= 15 is 0 Å². The van der Waals surface area contributed by atoms with Gasteiger partial charge in [-0.05, 0) is 25.0 Å². The molecule has 0 aliphatic carbocycles. The molecular formula is C18H18F3N5O2S. The molecule has 154 valence electrons. The molecule has 29 heavy (non-hydrogen) atoms. The Balaban J connectivity index is 2.07. The van der Waals surface area contributed by atoms with Crippen LogP contribution in [-0.4, -0.2) is 26.4 Å². The van der Waals surface area contributed by atoms with Crippen LogP contribution in [-0.2, 0) is 11.0 Å². The van der Waals surface area contributed by atoms with Gasteiger partial charge in [-0.25, -0.2) is 10.4 Å². The summed E-state index contributed by atoms with van der Waals surface area (Å²) in [6, 6.07) is 6.97. The molecule has 2 aromatic heterocycles. The van der Waals surface area contributed by atoms with Crippen LogP contribution in [0.1, 0.15) is 38.4 Å². The lowest BCUT2D eigenvalue weighted by molar-refractivity contribution is -0.141. The van der Waals surface area contributed by atoms with E-state index in [0.29, 0.717) is 5.52 Å². The van der Waals surface area contributed by atoms with Gasteiger partial charge in [-0.2, -0.15) is 23.0 Å². The van der Waals surface area contributed by atoms with Gasteiger partial charge in [0.15, 0.2) is 5.69 Å². The molecule has 0 fully saturated rings. The van der Waals surface area contributed by atoms with Crippen molar-refractivity contribution in [2.45, 2.75) is 33.4 Å². The minimum Gasteiger partial charge on any atom is -0.284 e. The van der Waals surface area contributed by atoms with Crippen molar-refractivity contribution in [3.05, 3.63) is 45.9 Å². The molecule has 0 bridgehead atoms. The van der Waals surface area contributed by atoms with Crippen molar-refractivity contribution in [1.29, 1.82) is 0 Å². The molecule has 0 unspecified atom stereocenters. The van der Waals surface area contributed by atoms with Crippen LogP contribution in [0.15, 0.2) is 34.2 Å². The van der Waals surface area contributed by atoms with Gasteiger partial charge in [0.25, 0.3) is 5.56 Å². The van der Waals surface area contributed by atoms with Crippen molar-refractivity contribution in [3.63, 3.8) is 0 Å². The largest absolute Gasteiger partial charge is 0.433 e. The second-order valence-corrected chi connectivity index (χ2v) is 7.80. The fourth-order valence-electron chi connectivity index (χ4n) is 2.69. The number of hydrogen-bond acceptors (Lipinski definition) is 5. The maximum atomic E-state index is 13.6. The molecule has 2 N–H and O–H groups in total. The number of aromatic amines is 1. The highest BCUT2D eigenvalue weighted by Crippen LogP contribution is 2.31. The second-order valence-electron chi connectivity index (χ2n) is 6.79. The molecule has 3 rings (SSSR count). The van der Waals surface area contributed by atoms with Crippen LogP contribution >= 0.6 is 11.3 Å². The van der Waals surface area contributed by atoms with Gasteiger partial charge >= 0.3 is 6.18 Å². The van der Waals surface area contributed by atoms with E-state index in [0.717, 1.165) is 20.7 Å². The van der Waals surface area contributed by atoms with Crippen molar-refractivity contribution in [2.75, 3.05) is 0 Å². The molecule has 2 heterocycles. The number of hydrazone groups is 1. The third kappa shape index (κ3) is 4.39. The number of thiazole rings is 1. The minimum absolute atomic E-state index is 0.0553. The zero-order valence-electron chi connectivity index (χ0n) is 15.8. The van der Waals surface area contributed by atoms with Gasteiger partial charge in [0.1, 0.15) is 0 Å². The molecule has 0 aliphatic rings. The molecule has 1 aromatic carbocycles. The predicted octanol–water partition coefficient (Wildman–Crippen LogP) is 3.68. The highest BCUT2D eigenvalue weighted by molar-refractivity contribution is 7.20. The summed E-state index contributed by atoms with van der Waals surface area (Å²) in [7, 11) is 0. The van der Waals surface area contributed by atoms with E-state index in [9.17, 15) is 22.8 Å². The molecule has 1 amide bonds. The van der Waals surface area contributed by atoms with Crippen LogP contribution in [0, 0.1) is 5.92 Å². The highest BCUT2D eigenvalue weighted by Gasteiger charge is 2.39. The lowest BCUT2D eigenvalue weighted by Crippen LogP contribution is -2.25. The fraction of sp³-hybridized carbons (Fsp3) is 0.333. The van der Waals surface area contributed by atoms with Crippen LogP contribution in [0.4, 0.5) is 13.2 Å². The van der Waals surface area contributed by atoms with Crippen LogP contribution in [0.25, 0.3) is 15.3 Å². The van der Waals surface area contributed by atoms with E-state index in [1.165, 1.54) is 6.92 Å². The first kappa shape index (κ1) is 20.8. The second kappa shape index (κ2) is 7.82. The molecule has 0 radical (unpaired) electrons. The third-order valence-corrected chi connectivity index (χ3v) is 4.97. The average Bonchev–Trinajstić information content (AvgIpc) is 3.19. The number of carbonyl (C=O) groups excluding carboxylic acids is 1. The number of alkyl halides is 3. The number of H-pyrrole nitrogens is 1. The monoisotopic (exact) mass is 425 g/mol.